The molecule has 0 aliphatic heterocycles. The Morgan fingerprint density at radius 3 is 2.82 bits per heavy atom. The van der Waals surface area contributed by atoms with Crippen LogP contribution in [-0.2, 0) is 0 Å². The first-order chi connectivity index (χ1) is 5.45. The van der Waals surface area contributed by atoms with Crippen LogP contribution >= 0.6 is 11.3 Å². The normalized spacial score (nSPS) is 9.82. The summed E-state index contributed by atoms with van der Waals surface area (Å²) in [6.07, 6.45) is 3.81. The van der Waals surface area contributed by atoms with Crippen LogP contribution in [0.25, 0.3) is 0 Å². The van der Waals surface area contributed by atoms with Gasteiger partial charge in [0.1, 0.15) is 5.51 Å². The minimum atomic E-state index is 0.793. The fourth-order valence-corrected chi connectivity index (χ4v) is 1.19. The predicted molar refractivity (Wildman–Crippen MR) is 43.4 cm³/mol. The lowest BCUT2D eigenvalue weighted by atomic mass is 10.7. The van der Waals surface area contributed by atoms with E-state index in [2.05, 4.69) is 15.6 Å². The lowest BCUT2D eigenvalue weighted by Crippen LogP contribution is -2.04. The van der Waals surface area contributed by atoms with Gasteiger partial charge in [-0.3, -0.25) is 10.1 Å². The first-order valence-corrected chi connectivity index (χ1v) is 3.99. The number of anilines is 1. The average Bonchev–Trinajstić information content (AvgIpc) is 2.60. The van der Waals surface area contributed by atoms with E-state index in [-0.39, 0.29) is 0 Å². The Labute approximate surface area is 67.5 Å². The van der Waals surface area contributed by atoms with Gasteiger partial charge in [-0.05, 0) is 12.1 Å². The van der Waals surface area contributed by atoms with Crippen molar-refractivity contribution in [3.63, 3.8) is 0 Å². The van der Waals surface area contributed by atoms with E-state index in [1.54, 1.807) is 5.51 Å². The van der Waals surface area contributed by atoms with Gasteiger partial charge < -0.3 is 0 Å². The number of aromatic nitrogens is 3. The lowest BCUT2D eigenvalue weighted by Gasteiger charge is -2.00. The second-order valence-corrected chi connectivity index (χ2v) is 2.78. The fourth-order valence-electron chi connectivity index (χ4n) is 0.741. The molecule has 11 heavy (non-hydrogen) atoms. The molecule has 1 N–H and O–H groups in total. The van der Waals surface area contributed by atoms with Crippen LogP contribution in [0.3, 0.4) is 0 Å². The maximum Gasteiger partial charge on any atom is 0.224 e. The highest BCUT2D eigenvalue weighted by Gasteiger charge is 1.92. The van der Waals surface area contributed by atoms with E-state index in [9.17, 15) is 0 Å². The minimum Gasteiger partial charge on any atom is -0.269 e. The van der Waals surface area contributed by atoms with Gasteiger partial charge in [-0.15, -0.1) is 10.2 Å². The molecule has 0 aliphatic rings. The van der Waals surface area contributed by atoms with Crippen molar-refractivity contribution in [2.24, 2.45) is 0 Å². The van der Waals surface area contributed by atoms with Crippen molar-refractivity contribution >= 4 is 16.5 Å². The zero-order valence-corrected chi connectivity index (χ0v) is 6.45. The molecular formula is C6H6N4S. The van der Waals surface area contributed by atoms with Gasteiger partial charge in [0.2, 0.25) is 5.13 Å². The van der Waals surface area contributed by atoms with Crippen molar-refractivity contribution in [3.05, 3.63) is 30.0 Å². The zero-order valence-electron chi connectivity index (χ0n) is 5.64. The number of hydrogen-bond acceptors (Lipinski definition) is 4. The summed E-state index contributed by atoms with van der Waals surface area (Å²) in [5.74, 6) is 0. The molecule has 2 aromatic rings. The highest BCUT2D eigenvalue weighted by Crippen LogP contribution is 2.07. The number of nitrogens with one attached hydrogen (secondary N) is 1. The molecule has 56 valence electrons. The van der Waals surface area contributed by atoms with E-state index in [4.69, 9.17) is 0 Å². The molecule has 0 amide bonds. The largest absolute Gasteiger partial charge is 0.269 e. The second kappa shape index (κ2) is 2.71. The molecule has 0 spiro atoms. The lowest BCUT2D eigenvalue weighted by molar-refractivity contribution is 0.945. The van der Waals surface area contributed by atoms with Crippen LogP contribution in [0.4, 0.5) is 5.13 Å². The van der Waals surface area contributed by atoms with Crippen LogP contribution in [0.2, 0.25) is 0 Å². The van der Waals surface area contributed by atoms with E-state index < -0.39 is 0 Å². The number of nitrogens with zero attached hydrogens (tertiary/aromatic N) is 3. The Morgan fingerprint density at radius 1 is 1.36 bits per heavy atom. The molecule has 0 fully saturated rings. The summed E-state index contributed by atoms with van der Waals surface area (Å²) in [6, 6.07) is 3.88. The van der Waals surface area contributed by atoms with Crippen LogP contribution in [0, 0.1) is 0 Å². The molecule has 0 unspecified atom stereocenters. The van der Waals surface area contributed by atoms with Crippen molar-refractivity contribution in [3.8, 4) is 0 Å². The quantitative estimate of drug-likeness (QED) is 0.729. The minimum absolute atomic E-state index is 0.793. The molecule has 4 nitrogen and oxygen atoms in total. The zero-order chi connectivity index (χ0) is 7.52. The molecule has 0 aromatic carbocycles. The molecule has 2 heterocycles. The van der Waals surface area contributed by atoms with E-state index in [1.165, 1.54) is 11.3 Å². The maximum absolute atomic E-state index is 3.83. The third kappa shape index (κ3) is 1.38. The van der Waals surface area contributed by atoms with Crippen LogP contribution in [0.5, 0.6) is 0 Å². The van der Waals surface area contributed by atoms with E-state index >= 15 is 0 Å². The van der Waals surface area contributed by atoms with Crippen molar-refractivity contribution in [2.75, 3.05) is 5.43 Å². The standard InChI is InChI=1S/C6H6N4S/c1-2-4-10(3-1)9-6-8-7-5-11-6/h1-5H,(H,8,9). The molecule has 0 aliphatic carbocycles. The Balaban J connectivity index is 2.14. The van der Waals surface area contributed by atoms with E-state index in [1.807, 2.05) is 29.2 Å². The van der Waals surface area contributed by atoms with Gasteiger partial charge >= 0.3 is 0 Å². The SMILES string of the molecule is c1ccn(Nc2nncs2)c1. The van der Waals surface area contributed by atoms with Crippen LogP contribution in [0.15, 0.2) is 30.0 Å². The third-order valence-electron chi connectivity index (χ3n) is 1.19. The average molecular weight is 166 g/mol. The second-order valence-electron chi connectivity index (χ2n) is 1.95. The summed E-state index contributed by atoms with van der Waals surface area (Å²) < 4.78 is 1.82. The molecule has 5 heteroatoms. The number of rotatable bonds is 2. The summed E-state index contributed by atoms with van der Waals surface area (Å²) in [4.78, 5) is 0. The Bertz CT molecular complexity index is 267. The molecule has 0 atom stereocenters. The Hall–Kier alpha value is -1.36. The molecular weight excluding hydrogens is 160 g/mol. The van der Waals surface area contributed by atoms with Gasteiger partial charge in [-0.2, -0.15) is 0 Å². The summed E-state index contributed by atoms with van der Waals surface area (Å²) in [7, 11) is 0. The van der Waals surface area contributed by atoms with Gasteiger partial charge in [0, 0.05) is 12.4 Å². The Kier molecular flexibility index (Phi) is 1.57. The van der Waals surface area contributed by atoms with Crippen LogP contribution < -0.4 is 5.43 Å². The predicted octanol–water partition coefficient (Wildman–Crippen LogP) is 1.21. The van der Waals surface area contributed by atoms with Gasteiger partial charge in [-0.1, -0.05) is 11.3 Å². The first-order valence-electron chi connectivity index (χ1n) is 3.11. The van der Waals surface area contributed by atoms with Crippen molar-refractivity contribution in [1.29, 1.82) is 0 Å². The van der Waals surface area contributed by atoms with Crippen LogP contribution in [-0.4, -0.2) is 14.9 Å². The molecule has 0 saturated carbocycles. The fraction of sp³-hybridized carbons (Fsp3) is 0. The van der Waals surface area contributed by atoms with Crippen molar-refractivity contribution in [2.45, 2.75) is 0 Å². The maximum atomic E-state index is 3.83. The van der Waals surface area contributed by atoms with Gasteiger partial charge in [0.05, 0.1) is 0 Å². The molecule has 0 saturated heterocycles. The Morgan fingerprint density at radius 2 is 2.18 bits per heavy atom. The van der Waals surface area contributed by atoms with E-state index in [0.29, 0.717) is 0 Å². The van der Waals surface area contributed by atoms with Gasteiger partial charge in [0.15, 0.2) is 0 Å². The topological polar surface area (TPSA) is 42.7 Å². The first kappa shape index (κ1) is 6.36. The summed E-state index contributed by atoms with van der Waals surface area (Å²) in [5, 5.41) is 8.32. The van der Waals surface area contributed by atoms with Crippen molar-refractivity contribution < 1.29 is 0 Å². The summed E-state index contributed by atoms with van der Waals surface area (Å²) in [5.41, 5.74) is 4.71. The van der Waals surface area contributed by atoms with Gasteiger partial charge in [0.25, 0.3) is 0 Å². The van der Waals surface area contributed by atoms with Crippen molar-refractivity contribution in [1.82, 2.24) is 14.9 Å². The van der Waals surface area contributed by atoms with Gasteiger partial charge in [-0.25, -0.2) is 0 Å². The number of hydrogen-bond donors (Lipinski definition) is 1. The molecule has 0 radical (unpaired) electrons. The molecule has 2 rings (SSSR count). The smallest absolute Gasteiger partial charge is 0.224 e. The van der Waals surface area contributed by atoms with E-state index in [0.717, 1.165) is 5.13 Å². The highest BCUT2D eigenvalue weighted by atomic mass is 32.1. The molecule has 2 aromatic heterocycles. The van der Waals surface area contributed by atoms with Crippen LogP contribution in [0.1, 0.15) is 0 Å². The summed E-state index contributed by atoms with van der Waals surface area (Å²) in [6.45, 7) is 0. The molecule has 0 bridgehead atoms. The highest BCUT2D eigenvalue weighted by molar-refractivity contribution is 7.13. The third-order valence-corrected chi connectivity index (χ3v) is 1.79. The monoisotopic (exact) mass is 166 g/mol. The summed E-state index contributed by atoms with van der Waals surface area (Å²) >= 11 is 1.47.